The van der Waals surface area contributed by atoms with E-state index in [4.69, 9.17) is 5.11 Å². The van der Waals surface area contributed by atoms with Gasteiger partial charge in [-0.3, -0.25) is 5.10 Å². The second-order valence-electron chi connectivity index (χ2n) is 2.88. The van der Waals surface area contributed by atoms with Crippen LogP contribution in [0, 0.1) is 0 Å². The number of nitrogens with zero attached hydrogens (tertiary/aromatic N) is 2. The van der Waals surface area contributed by atoms with Crippen molar-refractivity contribution in [2.75, 3.05) is 18.5 Å². The van der Waals surface area contributed by atoms with Gasteiger partial charge in [-0.1, -0.05) is 0 Å². The topological polar surface area (TPSA) is 69.2 Å². The first kappa shape index (κ1) is 7.15. The molecule has 2 N–H and O–H groups in total. The van der Waals surface area contributed by atoms with Crippen molar-refractivity contribution in [2.24, 2.45) is 0 Å². The van der Waals surface area contributed by atoms with Crippen molar-refractivity contribution >= 4 is 11.7 Å². The van der Waals surface area contributed by atoms with E-state index < -0.39 is 5.97 Å². The number of carboxylic acids is 1. The normalized spacial score (nSPS) is 14.9. The Morgan fingerprint density at radius 2 is 2.50 bits per heavy atom. The van der Waals surface area contributed by atoms with Gasteiger partial charge in [0.1, 0.15) is 0 Å². The largest absolute Gasteiger partial charge is 0.476 e. The fourth-order valence-electron chi connectivity index (χ4n) is 1.50. The monoisotopic (exact) mass is 167 g/mol. The molecule has 1 aliphatic heterocycles. The lowest BCUT2D eigenvalue weighted by atomic mass is 10.3. The summed E-state index contributed by atoms with van der Waals surface area (Å²) < 4.78 is 0. The van der Waals surface area contributed by atoms with Crippen LogP contribution >= 0.6 is 0 Å². The summed E-state index contributed by atoms with van der Waals surface area (Å²) in [6.45, 7) is 0.865. The lowest BCUT2D eigenvalue weighted by Crippen LogP contribution is -2.16. The molecule has 0 aromatic carbocycles. The third kappa shape index (κ3) is 0.792. The van der Waals surface area contributed by atoms with Crippen molar-refractivity contribution < 1.29 is 9.90 Å². The maximum atomic E-state index is 10.7. The van der Waals surface area contributed by atoms with Crippen LogP contribution in [0.5, 0.6) is 0 Å². The number of anilines is 1. The minimum atomic E-state index is -0.971. The van der Waals surface area contributed by atoms with Crippen molar-refractivity contribution in [2.45, 2.75) is 6.42 Å². The molecule has 0 unspecified atom stereocenters. The Morgan fingerprint density at radius 1 is 1.75 bits per heavy atom. The number of hydrogen-bond acceptors (Lipinski definition) is 3. The van der Waals surface area contributed by atoms with Crippen LogP contribution in [0.25, 0.3) is 0 Å². The molecule has 0 saturated carbocycles. The first-order valence-electron chi connectivity index (χ1n) is 3.72. The molecular weight excluding hydrogens is 158 g/mol. The number of aromatic nitrogens is 2. The molecule has 0 atom stereocenters. The summed E-state index contributed by atoms with van der Waals surface area (Å²) in [6, 6.07) is 0. The Labute approximate surface area is 69.0 Å². The van der Waals surface area contributed by atoms with Crippen LogP contribution in [0.4, 0.5) is 5.69 Å². The highest BCUT2D eigenvalue weighted by Crippen LogP contribution is 2.27. The van der Waals surface area contributed by atoms with Gasteiger partial charge in [-0.05, 0) is 0 Å². The number of likely N-dealkylation sites (N-methyl/N-ethyl adjacent to an activating group) is 1. The summed E-state index contributed by atoms with van der Waals surface area (Å²) in [6.07, 6.45) is 0.853. The average Bonchev–Trinajstić information content (AvgIpc) is 2.53. The molecule has 0 saturated heterocycles. The molecule has 12 heavy (non-hydrogen) atoms. The highest BCUT2D eigenvalue weighted by Gasteiger charge is 2.26. The summed E-state index contributed by atoms with van der Waals surface area (Å²) in [5, 5.41) is 15.2. The predicted octanol–water partition coefficient (Wildman–Crippen LogP) is 0.100. The summed E-state index contributed by atoms with van der Waals surface area (Å²) >= 11 is 0. The molecular formula is C7H9N3O2. The lowest BCUT2D eigenvalue weighted by Gasteiger charge is -2.09. The van der Waals surface area contributed by atoms with Gasteiger partial charge in [-0.25, -0.2) is 4.79 Å². The molecule has 0 spiro atoms. The second-order valence-corrected chi connectivity index (χ2v) is 2.88. The fraction of sp³-hybridized carbons (Fsp3) is 0.429. The molecule has 2 heterocycles. The third-order valence-corrected chi connectivity index (χ3v) is 2.09. The summed E-state index contributed by atoms with van der Waals surface area (Å²) in [4.78, 5) is 12.6. The number of H-pyrrole nitrogens is 1. The van der Waals surface area contributed by atoms with Gasteiger partial charge in [-0.2, -0.15) is 5.10 Å². The molecule has 5 nitrogen and oxygen atoms in total. The molecule has 2 rings (SSSR count). The standard InChI is InChI=1S/C7H9N3O2/c1-10-3-2-4-6(10)5(7(11)12)9-8-4/h2-3H2,1H3,(H,8,9)(H,11,12). The maximum Gasteiger partial charge on any atom is 0.358 e. The zero-order valence-electron chi connectivity index (χ0n) is 6.66. The number of rotatable bonds is 1. The first-order valence-corrected chi connectivity index (χ1v) is 3.72. The van der Waals surface area contributed by atoms with Crippen LogP contribution in [0.3, 0.4) is 0 Å². The number of nitrogens with one attached hydrogen (secondary N) is 1. The van der Waals surface area contributed by atoms with E-state index in [1.807, 2.05) is 11.9 Å². The molecule has 1 aromatic rings. The summed E-state index contributed by atoms with van der Waals surface area (Å²) in [5.74, 6) is -0.971. The molecule has 5 heteroatoms. The maximum absolute atomic E-state index is 10.7. The highest BCUT2D eigenvalue weighted by atomic mass is 16.4. The molecule has 0 fully saturated rings. The Kier molecular flexibility index (Phi) is 1.33. The van der Waals surface area contributed by atoms with Crippen LogP contribution in [-0.4, -0.2) is 34.9 Å². The van der Waals surface area contributed by atoms with Crippen molar-refractivity contribution in [3.63, 3.8) is 0 Å². The van der Waals surface area contributed by atoms with Gasteiger partial charge < -0.3 is 10.0 Å². The van der Waals surface area contributed by atoms with Crippen molar-refractivity contribution in [3.05, 3.63) is 11.4 Å². The highest BCUT2D eigenvalue weighted by molar-refractivity contribution is 5.93. The lowest BCUT2D eigenvalue weighted by molar-refractivity contribution is 0.0691. The molecule has 0 radical (unpaired) electrons. The summed E-state index contributed by atoms with van der Waals surface area (Å²) in [5.41, 5.74) is 1.79. The Morgan fingerprint density at radius 3 is 3.17 bits per heavy atom. The van der Waals surface area contributed by atoms with E-state index in [0.717, 1.165) is 24.3 Å². The second kappa shape index (κ2) is 2.23. The van der Waals surface area contributed by atoms with Crippen LogP contribution in [-0.2, 0) is 6.42 Å². The van der Waals surface area contributed by atoms with Crippen molar-refractivity contribution in [3.8, 4) is 0 Å². The number of aromatic carboxylic acids is 1. The van der Waals surface area contributed by atoms with Crippen LogP contribution < -0.4 is 4.90 Å². The van der Waals surface area contributed by atoms with Gasteiger partial charge in [-0.15, -0.1) is 0 Å². The third-order valence-electron chi connectivity index (χ3n) is 2.09. The average molecular weight is 167 g/mol. The fourth-order valence-corrected chi connectivity index (χ4v) is 1.50. The van der Waals surface area contributed by atoms with Crippen LogP contribution in [0.2, 0.25) is 0 Å². The van der Waals surface area contributed by atoms with Gasteiger partial charge in [0.2, 0.25) is 0 Å². The number of carbonyl (C=O) groups is 1. The van der Waals surface area contributed by atoms with Gasteiger partial charge in [0.05, 0.1) is 11.4 Å². The van der Waals surface area contributed by atoms with E-state index in [9.17, 15) is 4.79 Å². The smallest absolute Gasteiger partial charge is 0.358 e. The van der Waals surface area contributed by atoms with E-state index in [2.05, 4.69) is 10.2 Å². The van der Waals surface area contributed by atoms with E-state index >= 15 is 0 Å². The van der Waals surface area contributed by atoms with E-state index in [-0.39, 0.29) is 5.69 Å². The first-order chi connectivity index (χ1) is 5.70. The molecule has 64 valence electrons. The predicted molar refractivity (Wildman–Crippen MR) is 42.5 cm³/mol. The number of aromatic amines is 1. The SMILES string of the molecule is CN1CCc2[nH]nc(C(=O)O)c21. The Hall–Kier alpha value is -1.52. The van der Waals surface area contributed by atoms with E-state index in [1.54, 1.807) is 0 Å². The zero-order chi connectivity index (χ0) is 8.72. The molecule has 0 bridgehead atoms. The van der Waals surface area contributed by atoms with E-state index in [0.29, 0.717) is 0 Å². The Bertz CT molecular complexity index is 331. The quantitative estimate of drug-likeness (QED) is 0.622. The Balaban J connectivity index is 2.53. The zero-order valence-corrected chi connectivity index (χ0v) is 6.66. The minimum absolute atomic E-state index is 0.130. The van der Waals surface area contributed by atoms with Gasteiger partial charge in [0.25, 0.3) is 0 Å². The molecule has 0 amide bonds. The number of hydrogen-bond donors (Lipinski definition) is 2. The van der Waals surface area contributed by atoms with Crippen LogP contribution in [0.1, 0.15) is 16.2 Å². The van der Waals surface area contributed by atoms with Gasteiger partial charge in [0.15, 0.2) is 5.69 Å². The van der Waals surface area contributed by atoms with Crippen LogP contribution in [0.15, 0.2) is 0 Å². The van der Waals surface area contributed by atoms with E-state index in [1.165, 1.54) is 0 Å². The molecule has 1 aliphatic rings. The number of fused-ring (bicyclic) bond motifs is 1. The summed E-state index contributed by atoms with van der Waals surface area (Å²) in [7, 11) is 1.87. The number of carboxylic acid groups (broad SMARTS) is 1. The molecule has 0 aliphatic carbocycles. The molecule has 1 aromatic heterocycles. The van der Waals surface area contributed by atoms with Crippen molar-refractivity contribution in [1.29, 1.82) is 0 Å². The van der Waals surface area contributed by atoms with Gasteiger partial charge >= 0.3 is 5.97 Å². The van der Waals surface area contributed by atoms with Crippen molar-refractivity contribution in [1.82, 2.24) is 10.2 Å². The van der Waals surface area contributed by atoms with Gasteiger partial charge in [0, 0.05) is 20.0 Å². The minimum Gasteiger partial charge on any atom is -0.476 e.